The van der Waals surface area contributed by atoms with Crippen LogP contribution in [0.25, 0.3) is 0 Å². The molecule has 0 aromatic carbocycles. The Kier molecular flexibility index (Phi) is 2.30. The molecule has 2 bridgehead atoms. The van der Waals surface area contributed by atoms with Gasteiger partial charge >= 0.3 is 0 Å². The molecule has 12 heavy (non-hydrogen) atoms. The number of halogens is 2. The van der Waals surface area contributed by atoms with E-state index in [9.17, 15) is 0 Å². The largest absolute Gasteiger partial charge is 0.248 e. The molecule has 0 nitrogen and oxygen atoms in total. The topological polar surface area (TPSA) is 0 Å². The van der Waals surface area contributed by atoms with Crippen molar-refractivity contribution in [2.24, 2.45) is 17.8 Å². The summed E-state index contributed by atoms with van der Waals surface area (Å²) in [4.78, 5) is 0. The summed E-state index contributed by atoms with van der Waals surface area (Å²) in [7, 11) is 0. The molecular formula is C9H14Cl2Si. The second-order valence-electron chi connectivity index (χ2n) is 4.31. The molecular weight excluding hydrogens is 207 g/mol. The molecule has 68 valence electrons. The van der Waals surface area contributed by atoms with Crippen molar-refractivity contribution >= 4 is 28.9 Å². The van der Waals surface area contributed by atoms with Gasteiger partial charge in [0.25, 0.3) is 0 Å². The predicted molar refractivity (Wildman–Crippen MR) is 57.0 cm³/mol. The van der Waals surface area contributed by atoms with Crippen molar-refractivity contribution < 1.29 is 0 Å². The highest BCUT2D eigenvalue weighted by Gasteiger charge is 2.39. The van der Waals surface area contributed by atoms with Crippen molar-refractivity contribution in [2.75, 3.05) is 0 Å². The average molecular weight is 221 g/mol. The molecule has 0 N–H and O–H groups in total. The van der Waals surface area contributed by atoms with E-state index < -0.39 is 6.69 Å². The van der Waals surface area contributed by atoms with E-state index in [1.165, 1.54) is 12.8 Å². The zero-order valence-corrected chi connectivity index (χ0v) is 9.78. The van der Waals surface area contributed by atoms with Crippen molar-refractivity contribution in [2.45, 2.75) is 25.4 Å². The Morgan fingerprint density at radius 2 is 2.08 bits per heavy atom. The normalized spacial score (nSPS) is 39.4. The molecule has 0 aromatic rings. The highest BCUT2D eigenvalue weighted by atomic mass is 35.7. The summed E-state index contributed by atoms with van der Waals surface area (Å²) in [5.41, 5.74) is 0. The summed E-state index contributed by atoms with van der Waals surface area (Å²) >= 11 is 12.3. The lowest BCUT2D eigenvalue weighted by molar-refractivity contribution is 0.490. The minimum Gasteiger partial charge on any atom is -0.146 e. The van der Waals surface area contributed by atoms with Gasteiger partial charge < -0.3 is 0 Å². The third-order valence-electron chi connectivity index (χ3n) is 3.04. The second-order valence-corrected chi connectivity index (χ2v) is 12.4. The van der Waals surface area contributed by atoms with Gasteiger partial charge in [-0.25, -0.2) is 0 Å². The molecule has 0 radical (unpaired) electrons. The van der Waals surface area contributed by atoms with Gasteiger partial charge in [-0.3, -0.25) is 0 Å². The number of allylic oxidation sites excluding steroid dienone is 2. The van der Waals surface area contributed by atoms with Crippen LogP contribution in [0.4, 0.5) is 0 Å². The fourth-order valence-corrected chi connectivity index (χ4v) is 5.17. The van der Waals surface area contributed by atoms with Crippen LogP contribution in [0.3, 0.4) is 0 Å². The molecule has 0 aromatic heterocycles. The molecule has 1 saturated carbocycles. The van der Waals surface area contributed by atoms with Gasteiger partial charge in [-0.15, -0.1) is 22.2 Å². The first-order valence-corrected chi connectivity index (χ1v) is 9.34. The molecule has 0 heterocycles. The number of hydrogen-bond acceptors (Lipinski definition) is 0. The molecule has 2 aliphatic rings. The van der Waals surface area contributed by atoms with Crippen molar-refractivity contribution in [1.82, 2.24) is 0 Å². The average Bonchev–Trinajstić information content (AvgIpc) is 2.42. The Labute approximate surface area is 84.4 Å². The lowest BCUT2D eigenvalue weighted by Crippen LogP contribution is -2.20. The van der Waals surface area contributed by atoms with Crippen LogP contribution in [-0.4, -0.2) is 6.69 Å². The highest BCUT2D eigenvalue weighted by molar-refractivity contribution is 7.44. The maximum absolute atomic E-state index is 6.13. The van der Waals surface area contributed by atoms with Gasteiger partial charge in [0, 0.05) is 0 Å². The van der Waals surface area contributed by atoms with E-state index in [-0.39, 0.29) is 0 Å². The maximum Gasteiger partial charge on any atom is 0.248 e. The molecule has 3 heteroatoms. The Hall–Kier alpha value is 0.537. The highest BCUT2D eigenvalue weighted by Crippen LogP contribution is 2.47. The van der Waals surface area contributed by atoms with Crippen molar-refractivity contribution in [3.63, 3.8) is 0 Å². The van der Waals surface area contributed by atoms with E-state index >= 15 is 0 Å². The quantitative estimate of drug-likeness (QED) is 0.378. The number of rotatable bonds is 2. The van der Waals surface area contributed by atoms with Gasteiger partial charge in [0.15, 0.2) is 0 Å². The minimum absolute atomic E-state index is 0.798. The molecule has 3 unspecified atom stereocenters. The van der Waals surface area contributed by atoms with E-state index in [0.29, 0.717) is 0 Å². The van der Waals surface area contributed by atoms with Gasteiger partial charge in [-0.2, -0.15) is 0 Å². The minimum atomic E-state index is -1.85. The Bertz CT molecular complexity index is 207. The first-order chi connectivity index (χ1) is 5.54. The van der Waals surface area contributed by atoms with Crippen molar-refractivity contribution in [3.05, 3.63) is 12.2 Å². The molecule has 0 spiro atoms. The lowest BCUT2D eigenvalue weighted by Gasteiger charge is -2.21. The molecule has 2 aliphatic carbocycles. The van der Waals surface area contributed by atoms with Crippen LogP contribution in [0.1, 0.15) is 12.8 Å². The van der Waals surface area contributed by atoms with E-state index in [0.717, 1.165) is 23.8 Å². The van der Waals surface area contributed by atoms with Gasteiger partial charge in [0.1, 0.15) is 0 Å². The van der Waals surface area contributed by atoms with Gasteiger partial charge in [-0.1, -0.05) is 12.2 Å². The van der Waals surface area contributed by atoms with Crippen molar-refractivity contribution in [3.8, 4) is 0 Å². The SMILES string of the molecule is C[Si](Cl)(Cl)CC1CC2C=CC1C2. The summed E-state index contributed by atoms with van der Waals surface area (Å²) in [6.45, 7) is 0.184. The fourth-order valence-electron chi connectivity index (χ4n) is 2.59. The molecule has 1 fully saturated rings. The zero-order valence-electron chi connectivity index (χ0n) is 7.26. The molecule has 0 amide bonds. The van der Waals surface area contributed by atoms with E-state index in [1.807, 2.05) is 6.55 Å². The summed E-state index contributed by atoms with van der Waals surface area (Å²) in [6.07, 6.45) is 7.43. The van der Waals surface area contributed by atoms with Crippen LogP contribution in [0.2, 0.25) is 12.6 Å². The summed E-state index contributed by atoms with van der Waals surface area (Å²) in [5.74, 6) is 2.45. The van der Waals surface area contributed by atoms with E-state index in [2.05, 4.69) is 12.2 Å². The molecule has 0 saturated heterocycles. The first kappa shape index (κ1) is 9.11. The monoisotopic (exact) mass is 220 g/mol. The summed E-state index contributed by atoms with van der Waals surface area (Å²) in [6, 6.07) is 1.08. The van der Waals surface area contributed by atoms with E-state index in [1.54, 1.807) is 0 Å². The number of fused-ring (bicyclic) bond motifs is 2. The van der Waals surface area contributed by atoms with E-state index in [4.69, 9.17) is 22.2 Å². The van der Waals surface area contributed by atoms with Crippen LogP contribution in [0.5, 0.6) is 0 Å². The number of hydrogen-bond donors (Lipinski definition) is 0. The van der Waals surface area contributed by atoms with Gasteiger partial charge in [0.2, 0.25) is 6.69 Å². The maximum atomic E-state index is 6.13. The summed E-state index contributed by atoms with van der Waals surface area (Å²) < 4.78 is 0. The van der Waals surface area contributed by atoms with Crippen LogP contribution >= 0.6 is 22.2 Å². The van der Waals surface area contributed by atoms with Crippen molar-refractivity contribution in [1.29, 1.82) is 0 Å². The standard InChI is InChI=1S/C9H14Cl2Si/c1-12(10,11)6-9-5-7-2-3-8(9)4-7/h2-3,7-9H,4-6H2,1H3. The van der Waals surface area contributed by atoms with Gasteiger partial charge in [0.05, 0.1) is 0 Å². The van der Waals surface area contributed by atoms with Crippen LogP contribution in [0, 0.1) is 17.8 Å². The Morgan fingerprint density at radius 3 is 2.50 bits per heavy atom. The first-order valence-electron chi connectivity index (χ1n) is 4.61. The molecule has 3 atom stereocenters. The summed E-state index contributed by atoms with van der Waals surface area (Å²) in [5, 5.41) is 0. The zero-order chi connectivity index (χ0) is 8.77. The third kappa shape index (κ3) is 1.89. The smallest absolute Gasteiger partial charge is 0.146 e. The fraction of sp³-hybridized carbons (Fsp3) is 0.778. The Morgan fingerprint density at radius 1 is 1.33 bits per heavy atom. The van der Waals surface area contributed by atoms with Gasteiger partial charge in [-0.05, 0) is 43.2 Å². The predicted octanol–water partition coefficient (Wildman–Crippen LogP) is 3.75. The van der Waals surface area contributed by atoms with Crippen LogP contribution in [-0.2, 0) is 0 Å². The van der Waals surface area contributed by atoms with Crippen LogP contribution in [0.15, 0.2) is 12.2 Å². The second kappa shape index (κ2) is 3.04. The molecule has 0 aliphatic heterocycles. The third-order valence-corrected chi connectivity index (χ3v) is 5.20. The lowest BCUT2D eigenvalue weighted by atomic mass is 9.96. The molecule has 2 rings (SSSR count). The Balaban J connectivity index is 1.96. The van der Waals surface area contributed by atoms with Crippen LogP contribution < -0.4 is 0 Å².